The third-order valence-corrected chi connectivity index (χ3v) is 1.87. The number of hydrogen-bond donors (Lipinski definition) is 2. The zero-order valence-electron chi connectivity index (χ0n) is 8.15. The molecule has 0 aliphatic rings. The number of aromatic carboxylic acids is 1. The van der Waals surface area contributed by atoms with Crippen molar-refractivity contribution in [3.63, 3.8) is 0 Å². The fourth-order valence-corrected chi connectivity index (χ4v) is 0.819. The molecule has 1 unspecified atom stereocenters. The maximum atomic E-state index is 10.4. The van der Waals surface area contributed by atoms with Crippen LogP contribution >= 0.6 is 0 Å². The van der Waals surface area contributed by atoms with E-state index in [0.29, 0.717) is 18.5 Å². The van der Waals surface area contributed by atoms with Crippen LogP contribution < -0.4 is 5.32 Å². The summed E-state index contributed by atoms with van der Waals surface area (Å²) in [4.78, 5) is 14.1. The monoisotopic (exact) mass is 199 g/mol. The molecule has 6 heteroatoms. The average Bonchev–Trinajstić information content (AvgIpc) is 2.62. The second-order valence-electron chi connectivity index (χ2n) is 3.01. The molecule has 14 heavy (non-hydrogen) atoms. The zero-order chi connectivity index (χ0) is 10.6. The Morgan fingerprint density at radius 1 is 1.71 bits per heavy atom. The first kappa shape index (κ1) is 10.6. The predicted molar refractivity (Wildman–Crippen MR) is 47.9 cm³/mol. The molecule has 1 atom stereocenters. The van der Waals surface area contributed by atoms with E-state index >= 15 is 0 Å². The molecule has 0 aromatic carbocycles. The Labute approximate surface area is 81.3 Å². The van der Waals surface area contributed by atoms with Crippen molar-refractivity contribution in [3.05, 3.63) is 11.7 Å². The highest BCUT2D eigenvalue weighted by atomic mass is 16.5. The van der Waals surface area contributed by atoms with Crippen molar-refractivity contribution in [1.82, 2.24) is 15.5 Å². The molecule has 6 nitrogen and oxygen atoms in total. The minimum Gasteiger partial charge on any atom is -0.475 e. The van der Waals surface area contributed by atoms with Gasteiger partial charge in [0.15, 0.2) is 0 Å². The smallest absolute Gasteiger partial charge is 0.377 e. The number of carboxylic acids is 1. The standard InChI is InChI=1S/C8H13N3O3/c1-3-5(2)9-4-6-10-7(8(12)13)11-14-6/h5,9H,3-4H2,1-2H3,(H,12,13). The number of nitrogens with zero attached hydrogens (tertiary/aromatic N) is 2. The summed E-state index contributed by atoms with van der Waals surface area (Å²) in [5.41, 5.74) is 0. The van der Waals surface area contributed by atoms with Crippen molar-refractivity contribution in [2.75, 3.05) is 0 Å². The molecule has 0 radical (unpaired) electrons. The van der Waals surface area contributed by atoms with Gasteiger partial charge in [-0.1, -0.05) is 6.92 Å². The van der Waals surface area contributed by atoms with E-state index < -0.39 is 5.97 Å². The van der Waals surface area contributed by atoms with E-state index in [4.69, 9.17) is 9.63 Å². The van der Waals surface area contributed by atoms with Crippen molar-refractivity contribution in [2.45, 2.75) is 32.9 Å². The minimum atomic E-state index is -1.18. The molecule has 1 rings (SSSR count). The van der Waals surface area contributed by atoms with Gasteiger partial charge in [0.1, 0.15) is 0 Å². The lowest BCUT2D eigenvalue weighted by molar-refractivity contribution is 0.0680. The Kier molecular flexibility index (Phi) is 3.58. The van der Waals surface area contributed by atoms with E-state index in [-0.39, 0.29) is 5.82 Å². The molecular weight excluding hydrogens is 186 g/mol. The number of rotatable bonds is 5. The lowest BCUT2D eigenvalue weighted by atomic mass is 10.3. The van der Waals surface area contributed by atoms with Crippen LogP contribution in [0, 0.1) is 0 Å². The minimum absolute atomic E-state index is 0.294. The molecule has 0 spiro atoms. The van der Waals surface area contributed by atoms with Gasteiger partial charge in [-0.15, -0.1) is 0 Å². The first-order valence-electron chi connectivity index (χ1n) is 4.42. The van der Waals surface area contributed by atoms with E-state index in [9.17, 15) is 4.79 Å². The van der Waals surface area contributed by atoms with Crippen molar-refractivity contribution in [3.8, 4) is 0 Å². The summed E-state index contributed by atoms with van der Waals surface area (Å²) in [6, 6.07) is 0.343. The molecular formula is C8H13N3O3. The molecule has 2 N–H and O–H groups in total. The van der Waals surface area contributed by atoms with Gasteiger partial charge >= 0.3 is 5.97 Å². The van der Waals surface area contributed by atoms with Gasteiger partial charge in [-0.05, 0) is 18.5 Å². The molecule has 78 valence electrons. The Hall–Kier alpha value is -1.43. The quantitative estimate of drug-likeness (QED) is 0.724. The summed E-state index contributed by atoms with van der Waals surface area (Å²) >= 11 is 0. The van der Waals surface area contributed by atoms with Gasteiger partial charge in [0.2, 0.25) is 5.89 Å². The maximum absolute atomic E-state index is 10.4. The van der Waals surface area contributed by atoms with Crippen LogP contribution in [0.15, 0.2) is 4.52 Å². The second kappa shape index (κ2) is 4.71. The first-order valence-corrected chi connectivity index (χ1v) is 4.42. The van der Waals surface area contributed by atoms with Crippen LogP contribution in [-0.2, 0) is 6.54 Å². The molecule has 1 aromatic heterocycles. The second-order valence-corrected chi connectivity index (χ2v) is 3.01. The molecule has 1 aromatic rings. The SMILES string of the molecule is CCC(C)NCc1nc(C(=O)O)no1. The highest BCUT2D eigenvalue weighted by Crippen LogP contribution is 1.98. The lowest BCUT2D eigenvalue weighted by Gasteiger charge is -2.07. The number of nitrogens with one attached hydrogen (secondary N) is 1. The summed E-state index contributed by atoms with van der Waals surface area (Å²) in [6.45, 7) is 4.47. The van der Waals surface area contributed by atoms with Gasteiger partial charge in [-0.2, -0.15) is 4.98 Å². The van der Waals surface area contributed by atoms with Crippen LogP contribution in [0.25, 0.3) is 0 Å². The van der Waals surface area contributed by atoms with Crippen LogP contribution in [0.3, 0.4) is 0 Å². The normalized spacial score (nSPS) is 12.7. The number of aromatic nitrogens is 2. The summed E-state index contributed by atoms with van der Waals surface area (Å²) in [5.74, 6) is -1.18. The third kappa shape index (κ3) is 2.81. The summed E-state index contributed by atoms with van der Waals surface area (Å²) in [7, 11) is 0. The Morgan fingerprint density at radius 3 is 2.93 bits per heavy atom. The van der Waals surface area contributed by atoms with E-state index in [1.807, 2.05) is 13.8 Å². The van der Waals surface area contributed by atoms with Crippen LogP contribution in [0.2, 0.25) is 0 Å². The first-order chi connectivity index (χ1) is 6.63. The average molecular weight is 199 g/mol. The van der Waals surface area contributed by atoms with Crippen LogP contribution in [-0.4, -0.2) is 27.3 Å². The van der Waals surface area contributed by atoms with E-state index in [1.54, 1.807) is 0 Å². The number of carbonyl (C=O) groups is 1. The van der Waals surface area contributed by atoms with Crippen LogP contribution in [0.1, 0.15) is 36.8 Å². The third-order valence-electron chi connectivity index (χ3n) is 1.87. The lowest BCUT2D eigenvalue weighted by Crippen LogP contribution is -2.24. The molecule has 1 heterocycles. The van der Waals surface area contributed by atoms with Gasteiger partial charge in [0.05, 0.1) is 6.54 Å². The fraction of sp³-hybridized carbons (Fsp3) is 0.625. The van der Waals surface area contributed by atoms with Crippen molar-refractivity contribution in [1.29, 1.82) is 0 Å². The van der Waals surface area contributed by atoms with Gasteiger partial charge in [0.25, 0.3) is 5.82 Å². The van der Waals surface area contributed by atoms with Crippen LogP contribution in [0.5, 0.6) is 0 Å². The Morgan fingerprint density at radius 2 is 2.43 bits per heavy atom. The zero-order valence-corrected chi connectivity index (χ0v) is 8.15. The maximum Gasteiger partial charge on any atom is 0.377 e. The molecule has 0 saturated heterocycles. The molecule has 0 aliphatic carbocycles. The summed E-state index contributed by atoms with van der Waals surface area (Å²) in [5, 5.41) is 14.9. The molecule has 0 amide bonds. The van der Waals surface area contributed by atoms with E-state index in [2.05, 4.69) is 15.5 Å². The van der Waals surface area contributed by atoms with Gasteiger partial charge in [0, 0.05) is 6.04 Å². The topological polar surface area (TPSA) is 88.2 Å². The highest BCUT2D eigenvalue weighted by molar-refractivity contribution is 5.82. The van der Waals surface area contributed by atoms with E-state index in [0.717, 1.165) is 6.42 Å². The Bertz CT molecular complexity index is 311. The molecule has 0 fully saturated rings. The number of carboxylic acid groups (broad SMARTS) is 1. The Balaban J connectivity index is 2.48. The summed E-state index contributed by atoms with van der Waals surface area (Å²) in [6.07, 6.45) is 0.986. The summed E-state index contributed by atoms with van der Waals surface area (Å²) < 4.78 is 4.72. The van der Waals surface area contributed by atoms with Crippen molar-refractivity contribution < 1.29 is 14.4 Å². The molecule has 0 saturated carbocycles. The van der Waals surface area contributed by atoms with Gasteiger partial charge in [-0.3, -0.25) is 0 Å². The molecule has 0 bridgehead atoms. The molecule has 0 aliphatic heterocycles. The van der Waals surface area contributed by atoms with Gasteiger partial charge in [-0.25, -0.2) is 4.79 Å². The van der Waals surface area contributed by atoms with E-state index in [1.165, 1.54) is 0 Å². The highest BCUT2D eigenvalue weighted by Gasteiger charge is 2.12. The fourth-order valence-electron chi connectivity index (χ4n) is 0.819. The van der Waals surface area contributed by atoms with Crippen molar-refractivity contribution in [2.24, 2.45) is 0 Å². The largest absolute Gasteiger partial charge is 0.475 e. The number of hydrogen-bond acceptors (Lipinski definition) is 5. The van der Waals surface area contributed by atoms with Crippen LogP contribution in [0.4, 0.5) is 0 Å². The van der Waals surface area contributed by atoms with Crippen molar-refractivity contribution >= 4 is 5.97 Å². The predicted octanol–water partition coefficient (Wildman–Crippen LogP) is 0.656. The van der Waals surface area contributed by atoms with Gasteiger partial charge < -0.3 is 14.9 Å².